The van der Waals surface area contributed by atoms with Gasteiger partial charge in [-0.05, 0) is 18.6 Å². The topological polar surface area (TPSA) is 59.8 Å². The Morgan fingerprint density at radius 1 is 1.31 bits per heavy atom. The predicted octanol–water partition coefficient (Wildman–Crippen LogP) is 1.43. The lowest BCUT2D eigenvalue weighted by Gasteiger charge is -2.09. The molecular weight excluding hydrogens is 204 g/mol. The number of aldehydes is 1. The fourth-order valence-corrected chi connectivity index (χ4v) is 1.59. The normalized spacial score (nSPS) is 10.1. The molecule has 0 unspecified atom stereocenters. The predicted molar refractivity (Wildman–Crippen MR) is 61.0 cm³/mol. The largest absolute Gasteiger partial charge is 0.357 e. The van der Waals surface area contributed by atoms with Crippen molar-refractivity contribution in [3.63, 3.8) is 0 Å². The van der Waals surface area contributed by atoms with Gasteiger partial charge in [-0.25, -0.2) is 0 Å². The Kier molecular flexibility index (Phi) is 2.68. The summed E-state index contributed by atoms with van der Waals surface area (Å²) in [5.74, 6) is 0.843. The van der Waals surface area contributed by atoms with Crippen molar-refractivity contribution in [3.05, 3.63) is 35.7 Å². The minimum atomic E-state index is 0.290. The van der Waals surface area contributed by atoms with Crippen molar-refractivity contribution < 1.29 is 4.79 Å². The molecule has 0 aliphatic rings. The van der Waals surface area contributed by atoms with E-state index in [9.17, 15) is 4.79 Å². The zero-order valence-corrected chi connectivity index (χ0v) is 9.14. The van der Waals surface area contributed by atoms with Gasteiger partial charge < -0.3 is 5.32 Å². The van der Waals surface area contributed by atoms with Crippen LogP contribution >= 0.6 is 0 Å². The van der Waals surface area contributed by atoms with Gasteiger partial charge in [0.15, 0.2) is 6.29 Å². The third kappa shape index (κ3) is 1.56. The number of para-hydroxylation sites is 1. The van der Waals surface area contributed by atoms with Gasteiger partial charge >= 0.3 is 0 Å². The monoisotopic (exact) mass is 216 g/mol. The summed E-state index contributed by atoms with van der Waals surface area (Å²) in [4.78, 5) is 10.9. The Hall–Kier alpha value is -2.17. The number of anilines is 1. The molecule has 1 N–H and O–H groups in total. The molecule has 16 heavy (non-hydrogen) atoms. The van der Waals surface area contributed by atoms with E-state index in [0.717, 1.165) is 11.3 Å². The lowest BCUT2D eigenvalue weighted by atomic mass is 10.2. The summed E-state index contributed by atoms with van der Waals surface area (Å²) in [6.07, 6.45) is 0.695. The van der Waals surface area contributed by atoms with Crippen LogP contribution in [0.2, 0.25) is 0 Å². The number of nitrogens with one attached hydrogen (secondary N) is 1. The van der Waals surface area contributed by atoms with Crippen molar-refractivity contribution in [2.75, 3.05) is 12.4 Å². The van der Waals surface area contributed by atoms with Crippen LogP contribution in [0.5, 0.6) is 0 Å². The number of hydrogen-bond donors (Lipinski definition) is 1. The van der Waals surface area contributed by atoms with E-state index < -0.39 is 0 Å². The van der Waals surface area contributed by atoms with Gasteiger partial charge in [0.2, 0.25) is 11.8 Å². The van der Waals surface area contributed by atoms with Crippen LogP contribution in [0.25, 0.3) is 5.69 Å². The minimum absolute atomic E-state index is 0.290. The number of aromatic nitrogens is 3. The molecule has 0 spiro atoms. The van der Waals surface area contributed by atoms with Crippen LogP contribution in [0.4, 0.5) is 5.95 Å². The highest BCUT2D eigenvalue weighted by Gasteiger charge is 2.12. The lowest BCUT2D eigenvalue weighted by Crippen LogP contribution is -2.06. The molecule has 2 rings (SSSR count). The van der Waals surface area contributed by atoms with Gasteiger partial charge in [0.1, 0.15) is 0 Å². The first-order valence-electron chi connectivity index (χ1n) is 4.92. The van der Waals surface area contributed by atoms with Crippen LogP contribution in [0.1, 0.15) is 16.2 Å². The summed E-state index contributed by atoms with van der Waals surface area (Å²) >= 11 is 0. The third-order valence-electron chi connectivity index (χ3n) is 2.37. The third-order valence-corrected chi connectivity index (χ3v) is 2.37. The molecule has 5 nitrogen and oxygen atoms in total. The number of benzene rings is 1. The molecule has 1 aromatic carbocycles. The molecule has 0 amide bonds. The van der Waals surface area contributed by atoms with Crippen molar-refractivity contribution in [2.45, 2.75) is 6.92 Å². The van der Waals surface area contributed by atoms with Gasteiger partial charge in [-0.2, -0.15) is 0 Å². The number of rotatable bonds is 3. The fraction of sp³-hybridized carbons (Fsp3) is 0.182. The van der Waals surface area contributed by atoms with Gasteiger partial charge in [0.25, 0.3) is 0 Å². The van der Waals surface area contributed by atoms with E-state index in [0.29, 0.717) is 18.1 Å². The lowest BCUT2D eigenvalue weighted by molar-refractivity contribution is 0.111. The quantitative estimate of drug-likeness (QED) is 0.788. The molecule has 0 saturated heterocycles. The van der Waals surface area contributed by atoms with E-state index in [4.69, 9.17) is 0 Å². The molecule has 1 aromatic heterocycles. The van der Waals surface area contributed by atoms with Crippen LogP contribution in [-0.4, -0.2) is 28.1 Å². The summed E-state index contributed by atoms with van der Waals surface area (Å²) in [5.41, 5.74) is 1.96. The molecule has 5 heteroatoms. The molecule has 1 heterocycles. The number of carbonyl (C=O) groups is 1. The first kappa shape index (κ1) is 10.4. The van der Waals surface area contributed by atoms with Crippen molar-refractivity contribution in [1.82, 2.24) is 14.8 Å². The Bertz CT molecular complexity index is 518. The highest BCUT2D eigenvalue weighted by atomic mass is 16.1. The standard InChI is InChI=1S/C11H12N4O/c1-8-5-3-4-6-9(8)15-10(7-16)13-14-11(15)12-2/h3-7H,1-2H3,(H,12,14). The Labute approximate surface area is 93.1 Å². The van der Waals surface area contributed by atoms with E-state index >= 15 is 0 Å². The summed E-state index contributed by atoms with van der Waals surface area (Å²) in [6.45, 7) is 1.98. The van der Waals surface area contributed by atoms with Crippen molar-refractivity contribution in [3.8, 4) is 5.69 Å². The maximum absolute atomic E-state index is 10.9. The van der Waals surface area contributed by atoms with Crippen LogP contribution in [0.3, 0.4) is 0 Å². The van der Waals surface area contributed by atoms with Gasteiger partial charge in [-0.15, -0.1) is 10.2 Å². The molecule has 0 radical (unpaired) electrons. The van der Waals surface area contributed by atoms with Crippen LogP contribution < -0.4 is 5.32 Å². The summed E-state index contributed by atoms with van der Waals surface area (Å²) in [6, 6.07) is 7.76. The number of hydrogen-bond acceptors (Lipinski definition) is 4. The molecule has 0 atom stereocenters. The minimum Gasteiger partial charge on any atom is -0.357 e. The average Bonchev–Trinajstić information content (AvgIpc) is 2.72. The van der Waals surface area contributed by atoms with E-state index in [2.05, 4.69) is 15.5 Å². The molecule has 0 fully saturated rings. The summed E-state index contributed by atoms with van der Waals surface area (Å²) < 4.78 is 1.70. The first-order chi connectivity index (χ1) is 7.77. The molecular formula is C11H12N4O. The van der Waals surface area contributed by atoms with E-state index in [-0.39, 0.29) is 0 Å². The number of carbonyl (C=O) groups excluding carboxylic acids is 1. The SMILES string of the molecule is CNc1nnc(C=O)n1-c1ccccc1C. The summed E-state index contributed by atoms with van der Waals surface area (Å²) in [7, 11) is 1.74. The van der Waals surface area contributed by atoms with Gasteiger partial charge in [0.05, 0.1) is 5.69 Å². The molecule has 2 aromatic rings. The number of nitrogens with zero attached hydrogens (tertiary/aromatic N) is 3. The molecule has 0 bridgehead atoms. The maximum Gasteiger partial charge on any atom is 0.229 e. The maximum atomic E-state index is 10.9. The summed E-state index contributed by atoms with van der Waals surface area (Å²) in [5, 5.41) is 10.6. The second kappa shape index (κ2) is 4.14. The molecule has 82 valence electrons. The molecule has 0 aliphatic heterocycles. The number of aryl methyl sites for hydroxylation is 1. The van der Waals surface area contributed by atoms with Crippen molar-refractivity contribution >= 4 is 12.2 Å². The zero-order chi connectivity index (χ0) is 11.5. The fourth-order valence-electron chi connectivity index (χ4n) is 1.59. The van der Waals surface area contributed by atoms with E-state index in [1.165, 1.54) is 0 Å². The Morgan fingerprint density at radius 2 is 2.06 bits per heavy atom. The van der Waals surface area contributed by atoms with Crippen molar-refractivity contribution in [2.24, 2.45) is 0 Å². The zero-order valence-electron chi connectivity index (χ0n) is 9.14. The smallest absolute Gasteiger partial charge is 0.229 e. The molecule has 0 saturated carbocycles. The van der Waals surface area contributed by atoms with Gasteiger partial charge in [-0.3, -0.25) is 9.36 Å². The highest BCUT2D eigenvalue weighted by Crippen LogP contribution is 2.18. The van der Waals surface area contributed by atoms with Gasteiger partial charge in [0, 0.05) is 7.05 Å². The second-order valence-electron chi connectivity index (χ2n) is 3.37. The molecule has 0 aliphatic carbocycles. The van der Waals surface area contributed by atoms with E-state index in [1.54, 1.807) is 11.6 Å². The van der Waals surface area contributed by atoms with Gasteiger partial charge in [-0.1, -0.05) is 18.2 Å². The van der Waals surface area contributed by atoms with Crippen LogP contribution in [-0.2, 0) is 0 Å². The average molecular weight is 216 g/mol. The Morgan fingerprint density at radius 3 is 2.69 bits per heavy atom. The highest BCUT2D eigenvalue weighted by molar-refractivity contribution is 5.72. The first-order valence-corrected chi connectivity index (χ1v) is 4.92. The second-order valence-corrected chi connectivity index (χ2v) is 3.37. The van der Waals surface area contributed by atoms with Crippen molar-refractivity contribution in [1.29, 1.82) is 0 Å². The van der Waals surface area contributed by atoms with E-state index in [1.807, 2.05) is 31.2 Å². The Balaban J connectivity index is 2.67. The van der Waals surface area contributed by atoms with Crippen LogP contribution in [0.15, 0.2) is 24.3 Å². The van der Waals surface area contributed by atoms with Crippen LogP contribution in [0, 0.1) is 6.92 Å².